The molecule has 0 bridgehead atoms. The van der Waals surface area contributed by atoms with Gasteiger partial charge in [-0.2, -0.15) is 0 Å². The number of aliphatic hydroxyl groups is 2. The molecular weight excluding hydrogens is 217 g/mol. The highest BCUT2D eigenvalue weighted by Gasteiger charge is 2.41. The summed E-state index contributed by atoms with van der Waals surface area (Å²) in [5, 5.41) is 18.4. The van der Waals surface area contributed by atoms with Gasteiger partial charge in [0, 0.05) is 0 Å². The Bertz CT molecular complexity index is 242. The molecule has 1 rings (SSSR count). The lowest BCUT2D eigenvalue weighted by molar-refractivity contribution is -0.0197. The van der Waals surface area contributed by atoms with Crippen molar-refractivity contribution in [3.05, 3.63) is 0 Å². The molecular formula is C5H12NO7P. The summed E-state index contributed by atoms with van der Waals surface area (Å²) in [6.07, 6.45) is -4.69. The average molecular weight is 229 g/mol. The zero-order chi connectivity index (χ0) is 10.9. The number of nitrogens with two attached hydrogens (primary N) is 1. The van der Waals surface area contributed by atoms with Gasteiger partial charge in [-0.3, -0.25) is 4.52 Å². The summed E-state index contributed by atoms with van der Waals surface area (Å²) in [7, 11) is -4.60. The van der Waals surface area contributed by atoms with Crippen LogP contribution in [0.2, 0.25) is 0 Å². The number of ether oxygens (including phenoxy) is 1. The highest BCUT2D eigenvalue weighted by molar-refractivity contribution is 7.46. The summed E-state index contributed by atoms with van der Waals surface area (Å²) in [5.41, 5.74) is 5.22. The second-order valence-electron chi connectivity index (χ2n) is 2.91. The molecule has 0 radical (unpaired) electrons. The van der Waals surface area contributed by atoms with Crippen LogP contribution in [0, 0.1) is 0 Å². The van der Waals surface area contributed by atoms with Crippen LogP contribution in [-0.2, 0) is 13.8 Å². The predicted octanol–water partition coefficient (Wildman–Crippen LogP) is -2.50. The summed E-state index contributed by atoms with van der Waals surface area (Å²) in [6, 6.07) is 0. The van der Waals surface area contributed by atoms with Crippen LogP contribution in [-0.4, -0.2) is 51.1 Å². The fourth-order valence-electron chi connectivity index (χ4n) is 1.09. The van der Waals surface area contributed by atoms with Crippen LogP contribution in [0.4, 0.5) is 0 Å². The Labute approximate surface area is 79.5 Å². The number of phosphoric ester groups is 1. The van der Waals surface area contributed by atoms with Crippen molar-refractivity contribution >= 4 is 7.82 Å². The lowest BCUT2D eigenvalue weighted by atomic mass is 10.1. The molecule has 9 heteroatoms. The summed E-state index contributed by atoms with van der Waals surface area (Å²) < 4.78 is 19.2. The van der Waals surface area contributed by atoms with Crippen LogP contribution in [0.25, 0.3) is 0 Å². The van der Waals surface area contributed by atoms with Crippen molar-refractivity contribution in [2.45, 2.75) is 24.5 Å². The highest BCUT2D eigenvalue weighted by Crippen LogP contribution is 2.36. The van der Waals surface area contributed by atoms with E-state index in [4.69, 9.17) is 25.4 Å². The van der Waals surface area contributed by atoms with Gasteiger partial charge in [0.05, 0.1) is 6.61 Å². The van der Waals surface area contributed by atoms with Gasteiger partial charge in [-0.25, -0.2) is 4.57 Å². The van der Waals surface area contributed by atoms with Crippen molar-refractivity contribution in [3.63, 3.8) is 0 Å². The largest absolute Gasteiger partial charge is 0.469 e. The summed E-state index contributed by atoms with van der Waals surface area (Å²) in [6.45, 7) is -0.532. The van der Waals surface area contributed by atoms with Crippen molar-refractivity contribution < 1.29 is 33.8 Å². The van der Waals surface area contributed by atoms with E-state index in [0.29, 0.717) is 0 Å². The molecule has 8 nitrogen and oxygen atoms in total. The van der Waals surface area contributed by atoms with E-state index in [1.165, 1.54) is 0 Å². The van der Waals surface area contributed by atoms with E-state index in [1.54, 1.807) is 0 Å². The Kier molecular flexibility index (Phi) is 3.62. The third-order valence-electron chi connectivity index (χ3n) is 1.81. The fraction of sp³-hybridized carbons (Fsp3) is 1.00. The lowest BCUT2D eigenvalue weighted by Crippen LogP contribution is -2.37. The molecule has 1 saturated heterocycles. The molecule has 1 heterocycles. The Hall–Kier alpha value is -0.0500. The number of rotatable bonds is 3. The summed E-state index contributed by atoms with van der Waals surface area (Å²) in [4.78, 5) is 16.7. The van der Waals surface area contributed by atoms with Crippen molar-refractivity contribution in [1.82, 2.24) is 0 Å². The summed E-state index contributed by atoms with van der Waals surface area (Å²) in [5.74, 6) is 0. The molecule has 4 unspecified atom stereocenters. The molecule has 0 spiro atoms. The van der Waals surface area contributed by atoms with Crippen LogP contribution in [0.3, 0.4) is 0 Å². The molecule has 0 aliphatic carbocycles. The fourth-order valence-corrected chi connectivity index (χ4v) is 1.43. The maximum Gasteiger partial charge on any atom is 0.469 e. The molecule has 4 atom stereocenters. The van der Waals surface area contributed by atoms with E-state index >= 15 is 0 Å². The van der Waals surface area contributed by atoms with Crippen LogP contribution < -0.4 is 5.73 Å². The molecule has 1 aliphatic rings. The van der Waals surface area contributed by atoms with Gasteiger partial charge in [-0.15, -0.1) is 0 Å². The minimum absolute atomic E-state index is 0.532. The third-order valence-corrected chi connectivity index (χ3v) is 2.29. The van der Waals surface area contributed by atoms with Crippen LogP contribution in [0.1, 0.15) is 0 Å². The molecule has 84 valence electrons. The normalized spacial score (nSPS) is 38.9. The third kappa shape index (κ3) is 2.97. The minimum Gasteiger partial charge on any atom is -0.387 e. The molecule has 1 aliphatic heterocycles. The van der Waals surface area contributed by atoms with Crippen LogP contribution >= 0.6 is 7.82 Å². The number of aliphatic hydroxyl groups excluding tert-OH is 2. The minimum atomic E-state index is -4.60. The Morgan fingerprint density at radius 1 is 1.36 bits per heavy atom. The number of phosphoric acid groups is 1. The average Bonchev–Trinajstić information content (AvgIpc) is 2.28. The lowest BCUT2D eigenvalue weighted by Gasteiger charge is -2.14. The zero-order valence-electron chi connectivity index (χ0n) is 7.05. The van der Waals surface area contributed by atoms with E-state index in [1.807, 2.05) is 0 Å². The second kappa shape index (κ2) is 4.21. The quantitative estimate of drug-likeness (QED) is 0.334. The SMILES string of the molecule is NC1OC(COP(=O)(O)O)C(O)C1O. The topological polar surface area (TPSA) is 142 Å². The predicted molar refractivity (Wildman–Crippen MR) is 42.9 cm³/mol. The standard InChI is InChI=1S/C5H12NO7P/c6-5-4(8)3(7)2(13-5)1-12-14(9,10)11/h2-5,7-8H,1,6H2,(H2,9,10,11). The zero-order valence-corrected chi connectivity index (χ0v) is 7.95. The molecule has 14 heavy (non-hydrogen) atoms. The molecule has 0 aromatic carbocycles. The van der Waals surface area contributed by atoms with Crippen LogP contribution in [0.15, 0.2) is 0 Å². The Morgan fingerprint density at radius 2 is 1.93 bits per heavy atom. The van der Waals surface area contributed by atoms with Gasteiger partial charge >= 0.3 is 7.82 Å². The highest BCUT2D eigenvalue weighted by atomic mass is 31.2. The Morgan fingerprint density at radius 3 is 2.29 bits per heavy atom. The van der Waals surface area contributed by atoms with E-state index in [0.717, 1.165) is 0 Å². The van der Waals surface area contributed by atoms with E-state index in [2.05, 4.69) is 4.52 Å². The molecule has 0 aromatic rings. The van der Waals surface area contributed by atoms with E-state index < -0.39 is 39.0 Å². The van der Waals surface area contributed by atoms with Crippen molar-refractivity contribution in [2.75, 3.05) is 6.61 Å². The maximum atomic E-state index is 10.3. The molecule has 0 saturated carbocycles. The first-order valence-electron chi connectivity index (χ1n) is 3.78. The van der Waals surface area contributed by atoms with Gasteiger partial charge < -0.3 is 30.5 Å². The van der Waals surface area contributed by atoms with E-state index in [-0.39, 0.29) is 0 Å². The van der Waals surface area contributed by atoms with Gasteiger partial charge in [0.2, 0.25) is 0 Å². The van der Waals surface area contributed by atoms with Gasteiger partial charge in [0.1, 0.15) is 24.5 Å². The molecule has 1 fully saturated rings. The first-order chi connectivity index (χ1) is 6.31. The number of hydrogen-bond donors (Lipinski definition) is 5. The number of hydrogen-bond acceptors (Lipinski definition) is 6. The van der Waals surface area contributed by atoms with E-state index in [9.17, 15) is 9.67 Å². The first kappa shape index (κ1) is 12.0. The smallest absolute Gasteiger partial charge is 0.387 e. The van der Waals surface area contributed by atoms with Crippen molar-refractivity contribution in [3.8, 4) is 0 Å². The maximum absolute atomic E-state index is 10.3. The van der Waals surface area contributed by atoms with Crippen LogP contribution in [0.5, 0.6) is 0 Å². The van der Waals surface area contributed by atoms with Gasteiger partial charge in [0.15, 0.2) is 0 Å². The monoisotopic (exact) mass is 229 g/mol. The molecule has 0 amide bonds. The first-order valence-corrected chi connectivity index (χ1v) is 5.31. The molecule has 6 N–H and O–H groups in total. The summed E-state index contributed by atoms with van der Waals surface area (Å²) >= 11 is 0. The molecule has 0 aromatic heterocycles. The van der Waals surface area contributed by atoms with Gasteiger partial charge in [-0.05, 0) is 0 Å². The van der Waals surface area contributed by atoms with Crippen molar-refractivity contribution in [1.29, 1.82) is 0 Å². The van der Waals surface area contributed by atoms with Gasteiger partial charge in [0.25, 0.3) is 0 Å². The van der Waals surface area contributed by atoms with Crippen molar-refractivity contribution in [2.24, 2.45) is 5.73 Å². The Balaban J connectivity index is 2.44. The van der Waals surface area contributed by atoms with Gasteiger partial charge in [-0.1, -0.05) is 0 Å². The second-order valence-corrected chi connectivity index (χ2v) is 4.15.